The summed E-state index contributed by atoms with van der Waals surface area (Å²) >= 11 is -0.0520. The average Bonchev–Trinajstić information content (AvgIpc) is 2.52. The number of halogens is 3. The largest absolute Gasteiger partial charge is 0.441 e. The van der Waals surface area contributed by atoms with Crippen LogP contribution in [0.1, 0.15) is 5.56 Å². The smallest absolute Gasteiger partial charge is 0.369 e. The summed E-state index contributed by atoms with van der Waals surface area (Å²) < 4.78 is 37.8. The average molecular weight is 275 g/mol. The molecule has 0 amide bonds. The Balaban J connectivity index is 2.20. The summed E-state index contributed by atoms with van der Waals surface area (Å²) in [5, 5.41) is 0. The zero-order chi connectivity index (χ0) is 13.3. The Kier molecular flexibility index (Phi) is 3.43. The Bertz CT molecular complexity index is 562. The van der Waals surface area contributed by atoms with Crippen molar-refractivity contribution >= 4 is 28.7 Å². The Morgan fingerprint density at radius 3 is 2.78 bits per heavy atom. The van der Waals surface area contributed by atoms with Crippen molar-refractivity contribution in [1.29, 1.82) is 0 Å². The van der Waals surface area contributed by atoms with Crippen LogP contribution in [0.25, 0.3) is 11.0 Å². The molecule has 1 aromatic carbocycles. The standard InChI is InChI=1S/C11H12F3N3S/c1-7-2-3-9-8(6-7)16-10(15)17(9)4-5-18-11(12,13)14/h2-3,6H,4-5H2,1H3,(H2,15,16). The number of nitrogen functional groups attached to an aromatic ring is 1. The van der Waals surface area contributed by atoms with Gasteiger partial charge in [0.2, 0.25) is 5.95 Å². The molecule has 0 radical (unpaired) electrons. The van der Waals surface area contributed by atoms with Crippen molar-refractivity contribution in [1.82, 2.24) is 9.55 Å². The number of nitrogens with zero attached hydrogens (tertiary/aromatic N) is 2. The van der Waals surface area contributed by atoms with E-state index in [1.807, 2.05) is 25.1 Å². The van der Waals surface area contributed by atoms with Gasteiger partial charge in [-0.1, -0.05) is 6.07 Å². The maximum atomic E-state index is 12.1. The molecule has 1 heterocycles. The zero-order valence-electron chi connectivity index (χ0n) is 9.66. The number of alkyl halides is 3. The Morgan fingerprint density at radius 1 is 1.39 bits per heavy atom. The minimum Gasteiger partial charge on any atom is -0.369 e. The van der Waals surface area contributed by atoms with Crippen LogP contribution >= 0.6 is 11.8 Å². The number of thioether (sulfide) groups is 1. The van der Waals surface area contributed by atoms with Crippen LogP contribution in [-0.2, 0) is 6.54 Å². The summed E-state index contributed by atoms with van der Waals surface area (Å²) in [6.07, 6.45) is 0. The van der Waals surface area contributed by atoms with Crippen LogP contribution in [0.3, 0.4) is 0 Å². The zero-order valence-corrected chi connectivity index (χ0v) is 10.5. The maximum Gasteiger partial charge on any atom is 0.441 e. The van der Waals surface area contributed by atoms with Crippen molar-refractivity contribution < 1.29 is 13.2 Å². The second-order valence-corrected chi connectivity index (χ2v) is 5.07. The number of imidazole rings is 1. The number of nitrogens with two attached hydrogens (primary N) is 1. The van der Waals surface area contributed by atoms with Gasteiger partial charge < -0.3 is 10.3 Å². The van der Waals surface area contributed by atoms with Gasteiger partial charge >= 0.3 is 5.51 Å². The fourth-order valence-corrected chi connectivity index (χ4v) is 2.25. The number of aryl methyl sites for hydroxylation is 2. The van der Waals surface area contributed by atoms with Crippen LogP contribution < -0.4 is 5.73 Å². The number of aromatic nitrogens is 2. The second-order valence-electron chi connectivity index (χ2n) is 3.91. The molecule has 2 N–H and O–H groups in total. The molecule has 18 heavy (non-hydrogen) atoms. The van der Waals surface area contributed by atoms with Crippen LogP contribution in [-0.4, -0.2) is 20.8 Å². The first-order valence-corrected chi connectivity index (χ1v) is 6.28. The second kappa shape index (κ2) is 4.72. The number of benzene rings is 1. The lowest BCUT2D eigenvalue weighted by Gasteiger charge is -2.08. The van der Waals surface area contributed by atoms with Gasteiger partial charge in [-0.3, -0.25) is 0 Å². The Morgan fingerprint density at radius 2 is 2.11 bits per heavy atom. The van der Waals surface area contributed by atoms with Crippen molar-refractivity contribution in [2.24, 2.45) is 0 Å². The van der Waals surface area contributed by atoms with Gasteiger partial charge in [-0.25, -0.2) is 4.98 Å². The van der Waals surface area contributed by atoms with Gasteiger partial charge in [0.15, 0.2) is 0 Å². The van der Waals surface area contributed by atoms with E-state index < -0.39 is 5.51 Å². The van der Waals surface area contributed by atoms with Crippen LogP contribution in [0.4, 0.5) is 19.1 Å². The van der Waals surface area contributed by atoms with E-state index in [0.717, 1.165) is 11.1 Å². The molecule has 0 spiro atoms. The monoisotopic (exact) mass is 275 g/mol. The molecule has 0 aliphatic rings. The molecule has 7 heteroatoms. The highest BCUT2D eigenvalue weighted by molar-refractivity contribution is 8.00. The van der Waals surface area contributed by atoms with Gasteiger partial charge in [-0.2, -0.15) is 13.2 Å². The molecule has 0 unspecified atom stereocenters. The summed E-state index contributed by atoms with van der Waals surface area (Å²) in [5.74, 6) is 0.172. The SMILES string of the molecule is Cc1ccc2c(c1)nc(N)n2CCSC(F)(F)F. The molecule has 0 saturated carbocycles. The summed E-state index contributed by atoms with van der Waals surface area (Å²) in [4.78, 5) is 4.14. The topological polar surface area (TPSA) is 43.8 Å². The van der Waals surface area contributed by atoms with Gasteiger partial charge in [0, 0.05) is 12.3 Å². The lowest BCUT2D eigenvalue weighted by molar-refractivity contribution is -0.0328. The predicted octanol–water partition coefficient (Wildman–Crippen LogP) is 3.18. The summed E-state index contributed by atoms with van der Waals surface area (Å²) in [6.45, 7) is 2.11. The van der Waals surface area contributed by atoms with E-state index >= 15 is 0 Å². The first-order chi connectivity index (χ1) is 8.37. The lowest BCUT2D eigenvalue weighted by Crippen LogP contribution is -2.09. The molecule has 0 aliphatic heterocycles. The molecule has 0 fully saturated rings. The van der Waals surface area contributed by atoms with Gasteiger partial charge in [-0.05, 0) is 36.4 Å². The molecule has 3 nitrogen and oxygen atoms in total. The quantitative estimate of drug-likeness (QED) is 0.935. The minimum absolute atomic E-state index is 0.0520. The molecule has 0 atom stereocenters. The van der Waals surface area contributed by atoms with E-state index in [-0.39, 0.29) is 30.0 Å². The van der Waals surface area contributed by atoms with Crippen molar-refractivity contribution in [2.75, 3.05) is 11.5 Å². The molecule has 2 aromatic rings. The van der Waals surface area contributed by atoms with Crippen LogP contribution in [0.2, 0.25) is 0 Å². The summed E-state index contributed by atoms with van der Waals surface area (Å²) in [7, 11) is 0. The van der Waals surface area contributed by atoms with Gasteiger partial charge in [0.25, 0.3) is 0 Å². The minimum atomic E-state index is -4.21. The summed E-state index contributed by atoms with van der Waals surface area (Å²) in [5.41, 5.74) is 4.02. The van der Waals surface area contributed by atoms with Crippen molar-refractivity contribution in [2.45, 2.75) is 19.0 Å². The molecule has 1 aromatic heterocycles. The van der Waals surface area contributed by atoms with Gasteiger partial charge in [0.1, 0.15) is 0 Å². The van der Waals surface area contributed by atoms with Crippen molar-refractivity contribution in [3.8, 4) is 0 Å². The maximum absolute atomic E-state index is 12.1. The van der Waals surface area contributed by atoms with Crippen molar-refractivity contribution in [3.05, 3.63) is 23.8 Å². The molecule has 0 saturated heterocycles. The molecule has 0 bridgehead atoms. The number of hydrogen-bond acceptors (Lipinski definition) is 3. The van der Waals surface area contributed by atoms with E-state index in [2.05, 4.69) is 4.98 Å². The number of hydrogen-bond donors (Lipinski definition) is 1. The molecule has 98 valence electrons. The third-order valence-electron chi connectivity index (χ3n) is 2.51. The lowest BCUT2D eigenvalue weighted by atomic mass is 10.2. The highest BCUT2D eigenvalue weighted by Gasteiger charge is 2.27. The Hall–Kier alpha value is -1.37. The third kappa shape index (κ3) is 2.90. The Labute approximate surface area is 106 Å². The fraction of sp³-hybridized carbons (Fsp3) is 0.364. The molecule has 2 rings (SSSR count). The van der Waals surface area contributed by atoms with Gasteiger partial charge in [0.05, 0.1) is 11.0 Å². The molecular formula is C11H12F3N3S. The predicted molar refractivity (Wildman–Crippen MR) is 67.4 cm³/mol. The molecular weight excluding hydrogens is 263 g/mol. The fourth-order valence-electron chi connectivity index (χ4n) is 1.75. The number of rotatable bonds is 3. The van der Waals surface area contributed by atoms with E-state index in [0.29, 0.717) is 5.52 Å². The molecule has 0 aliphatic carbocycles. The van der Waals surface area contributed by atoms with E-state index in [1.165, 1.54) is 0 Å². The van der Waals surface area contributed by atoms with Crippen LogP contribution in [0.15, 0.2) is 18.2 Å². The first-order valence-electron chi connectivity index (χ1n) is 5.30. The van der Waals surface area contributed by atoms with E-state index in [1.54, 1.807) is 4.57 Å². The van der Waals surface area contributed by atoms with Crippen LogP contribution in [0.5, 0.6) is 0 Å². The highest BCUT2D eigenvalue weighted by Crippen LogP contribution is 2.30. The van der Waals surface area contributed by atoms with Gasteiger partial charge in [-0.15, -0.1) is 0 Å². The number of fused-ring (bicyclic) bond motifs is 1. The van der Waals surface area contributed by atoms with Crippen molar-refractivity contribution in [3.63, 3.8) is 0 Å². The normalized spacial score (nSPS) is 12.2. The summed E-state index contributed by atoms with van der Waals surface area (Å²) in [6, 6.07) is 5.57. The van der Waals surface area contributed by atoms with E-state index in [4.69, 9.17) is 5.73 Å². The highest BCUT2D eigenvalue weighted by atomic mass is 32.2. The van der Waals surface area contributed by atoms with E-state index in [9.17, 15) is 13.2 Å². The number of anilines is 1. The third-order valence-corrected chi connectivity index (χ3v) is 3.23. The van der Waals surface area contributed by atoms with Crippen LogP contribution in [0, 0.1) is 6.92 Å². The first kappa shape index (κ1) is 13.1.